The summed E-state index contributed by atoms with van der Waals surface area (Å²) in [7, 11) is 0. The lowest BCUT2D eigenvalue weighted by Crippen LogP contribution is -2.35. The van der Waals surface area contributed by atoms with Gasteiger partial charge in [-0.3, -0.25) is 4.79 Å². The van der Waals surface area contributed by atoms with Crippen LogP contribution in [0.4, 0.5) is 0 Å². The highest BCUT2D eigenvalue weighted by molar-refractivity contribution is 5.86. The van der Waals surface area contributed by atoms with E-state index in [-0.39, 0.29) is 5.91 Å². The fraction of sp³-hybridized carbons (Fsp3) is 0.188. The predicted molar refractivity (Wildman–Crippen MR) is 74.1 cm³/mol. The molecular weight excluding hydrogens is 222 g/mol. The zero-order valence-electron chi connectivity index (χ0n) is 10.7. The van der Waals surface area contributed by atoms with E-state index >= 15 is 0 Å². The van der Waals surface area contributed by atoms with Gasteiger partial charge in [-0.1, -0.05) is 54.6 Å². The Kier molecular flexibility index (Phi) is 3.19. The van der Waals surface area contributed by atoms with E-state index in [9.17, 15) is 4.79 Å². The zero-order valence-corrected chi connectivity index (χ0v) is 10.7. The van der Waals surface area contributed by atoms with Crippen molar-refractivity contribution >= 4 is 5.91 Å². The highest BCUT2D eigenvalue weighted by atomic mass is 16.1. The number of amides is 1. The Hall–Kier alpha value is -2.09. The molecule has 0 aromatic heterocycles. The van der Waals surface area contributed by atoms with Gasteiger partial charge < -0.3 is 5.73 Å². The molecule has 0 unspecified atom stereocenters. The minimum Gasteiger partial charge on any atom is -0.369 e. The van der Waals surface area contributed by atoms with Crippen LogP contribution in [-0.2, 0) is 10.2 Å². The highest BCUT2D eigenvalue weighted by Gasteiger charge is 2.27. The molecule has 2 nitrogen and oxygen atoms in total. The number of rotatable bonds is 3. The molecule has 0 heterocycles. The smallest absolute Gasteiger partial charge is 0.227 e. The summed E-state index contributed by atoms with van der Waals surface area (Å²) in [6, 6.07) is 18.1. The average Bonchev–Trinajstić information content (AvgIpc) is 2.40. The molecule has 2 rings (SSSR count). The van der Waals surface area contributed by atoms with Gasteiger partial charge in [-0.05, 0) is 30.5 Å². The van der Waals surface area contributed by atoms with E-state index in [4.69, 9.17) is 5.73 Å². The maximum Gasteiger partial charge on any atom is 0.227 e. The molecule has 2 heteroatoms. The quantitative estimate of drug-likeness (QED) is 0.878. The number of nitrogens with two attached hydrogens (primary N) is 1. The first-order valence-electron chi connectivity index (χ1n) is 5.97. The molecule has 0 saturated carbocycles. The topological polar surface area (TPSA) is 43.1 Å². The van der Waals surface area contributed by atoms with Crippen molar-refractivity contribution < 1.29 is 4.79 Å². The summed E-state index contributed by atoms with van der Waals surface area (Å²) in [5, 5.41) is 0. The van der Waals surface area contributed by atoms with Crippen LogP contribution in [0.5, 0.6) is 0 Å². The SMILES string of the molecule is CC(C)(C(N)=O)c1cccc(-c2ccccc2)c1. The second-order valence-corrected chi connectivity index (χ2v) is 4.94. The van der Waals surface area contributed by atoms with Gasteiger partial charge in [0.15, 0.2) is 0 Å². The molecule has 0 bridgehead atoms. The van der Waals surface area contributed by atoms with E-state index in [2.05, 4.69) is 12.1 Å². The van der Waals surface area contributed by atoms with Crippen molar-refractivity contribution in [2.45, 2.75) is 19.3 Å². The molecule has 0 fully saturated rings. The van der Waals surface area contributed by atoms with Crippen LogP contribution in [0.3, 0.4) is 0 Å². The maximum absolute atomic E-state index is 11.5. The average molecular weight is 239 g/mol. The molecule has 92 valence electrons. The highest BCUT2D eigenvalue weighted by Crippen LogP contribution is 2.27. The molecule has 0 aliphatic heterocycles. The van der Waals surface area contributed by atoms with E-state index < -0.39 is 5.41 Å². The Labute approximate surface area is 107 Å². The molecule has 0 spiro atoms. The van der Waals surface area contributed by atoms with Gasteiger partial charge in [-0.25, -0.2) is 0 Å². The van der Waals surface area contributed by atoms with Crippen LogP contribution in [0.1, 0.15) is 19.4 Å². The Bertz CT molecular complexity index is 558. The first-order chi connectivity index (χ1) is 8.51. The molecule has 0 aliphatic rings. The standard InChI is InChI=1S/C16H17NO/c1-16(2,15(17)18)14-10-6-9-13(11-14)12-7-4-3-5-8-12/h3-11H,1-2H3,(H2,17,18). The van der Waals surface area contributed by atoms with E-state index in [1.165, 1.54) is 0 Å². The predicted octanol–water partition coefficient (Wildman–Crippen LogP) is 3.12. The van der Waals surface area contributed by atoms with Crippen molar-refractivity contribution in [3.63, 3.8) is 0 Å². The van der Waals surface area contributed by atoms with Gasteiger partial charge in [0.05, 0.1) is 5.41 Å². The molecule has 0 saturated heterocycles. The number of hydrogen-bond acceptors (Lipinski definition) is 1. The summed E-state index contributed by atoms with van der Waals surface area (Å²) < 4.78 is 0. The lowest BCUT2D eigenvalue weighted by Gasteiger charge is -2.21. The maximum atomic E-state index is 11.5. The second-order valence-electron chi connectivity index (χ2n) is 4.94. The van der Waals surface area contributed by atoms with Crippen LogP contribution in [0.25, 0.3) is 11.1 Å². The first kappa shape index (κ1) is 12.4. The molecule has 0 radical (unpaired) electrons. The van der Waals surface area contributed by atoms with Crippen molar-refractivity contribution in [2.75, 3.05) is 0 Å². The van der Waals surface area contributed by atoms with Crippen LogP contribution in [-0.4, -0.2) is 5.91 Å². The molecule has 0 aliphatic carbocycles. The summed E-state index contributed by atoms with van der Waals surface area (Å²) in [6.45, 7) is 3.69. The van der Waals surface area contributed by atoms with Gasteiger partial charge in [0.2, 0.25) is 5.91 Å². The normalized spacial score (nSPS) is 11.2. The minimum atomic E-state index is -0.648. The molecule has 18 heavy (non-hydrogen) atoms. The fourth-order valence-electron chi connectivity index (χ4n) is 1.86. The monoisotopic (exact) mass is 239 g/mol. The van der Waals surface area contributed by atoms with Crippen LogP contribution in [0.2, 0.25) is 0 Å². The molecule has 2 aromatic rings. The van der Waals surface area contributed by atoms with Crippen LogP contribution >= 0.6 is 0 Å². The largest absolute Gasteiger partial charge is 0.369 e. The van der Waals surface area contributed by atoms with Crippen molar-refractivity contribution in [1.82, 2.24) is 0 Å². The zero-order chi connectivity index (χ0) is 13.2. The van der Waals surface area contributed by atoms with Crippen molar-refractivity contribution in [3.8, 4) is 11.1 Å². The Balaban J connectivity index is 2.46. The lowest BCUT2D eigenvalue weighted by atomic mass is 9.83. The van der Waals surface area contributed by atoms with E-state index in [1.54, 1.807) is 0 Å². The summed E-state index contributed by atoms with van der Waals surface area (Å²) in [4.78, 5) is 11.5. The van der Waals surface area contributed by atoms with Gasteiger partial charge in [0.25, 0.3) is 0 Å². The summed E-state index contributed by atoms with van der Waals surface area (Å²) in [6.07, 6.45) is 0. The number of carbonyl (C=O) groups is 1. The van der Waals surface area contributed by atoms with Crippen molar-refractivity contribution in [2.24, 2.45) is 5.73 Å². The number of benzene rings is 2. The van der Waals surface area contributed by atoms with Crippen LogP contribution in [0.15, 0.2) is 54.6 Å². The molecule has 2 aromatic carbocycles. The Morgan fingerprint density at radius 2 is 1.56 bits per heavy atom. The van der Waals surface area contributed by atoms with Crippen LogP contribution in [0, 0.1) is 0 Å². The van der Waals surface area contributed by atoms with Gasteiger partial charge in [0.1, 0.15) is 0 Å². The number of primary amides is 1. The number of carbonyl (C=O) groups excluding carboxylic acids is 1. The second kappa shape index (κ2) is 4.65. The minimum absolute atomic E-state index is 0.312. The Morgan fingerprint density at radius 3 is 2.17 bits per heavy atom. The van der Waals surface area contributed by atoms with E-state index in [0.717, 1.165) is 16.7 Å². The van der Waals surface area contributed by atoms with Crippen LogP contribution < -0.4 is 5.73 Å². The molecule has 1 amide bonds. The number of hydrogen-bond donors (Lipinski definition) is 1. The Morgan fingerprint density at radius 1 is 0.944 bits per heavy atom. The fourth-order valence-corrected chi connectivity index (χ4v) is 1.86. The molecule has 0 atom stereocenters. The summed E-state index contributed by atoms with van der Waals surface area (Å²) in [5.41, 5.74) is 7.98. The third-order valence-corrected chi connectivity index (χ3v) is 3.31. The molecular formula is C16H17NO. The molecule has 2 N–H and O–H groups in total. The first-order valence-corrected chi connectivity index (χ1v) is 5.97. The van der Waals surface area contributed by atoms with Gasteiger partial charge in [0, 0.05) is 0 Å². The summed E-state index contributed by atoms with van der Waals surface area (Å²) >= 11 is 0. The van der Waals surface area contributed by atoms with Gasteiger partial charge >= 0.3 is 0 Å². The van der Waals surface area contributed by atoms with Crippen molar-refractivity contribution in [1.29, 1.82) is 0 Å². The van der Waals surface area contributed by atoms with Gasteiger partial charge in [-0.2, -0.15) is 0 Å². The summed E-state index contributed by atoms with van der Waals surface area (Å²) in [5.74, 6) is -0.312. The van der Waals surface area contributed by atoms with Crippen molar-refractivity contribution in [3.05, 3.63) is 60.2 Å². The lowest BCUT2D eigenvalue weighted by molar-refractivity contribution is -0.122. The van der Waals surface area contributed by atoms with E-state index in [0.29, 0.717) is 0 Å². The van der Waals surface area contributed by atoms with Gasteiger partial charge in [-0.15, -0.1) is 0 Å². The van der Waals surface area contributed by atoms with E-state index in [1.807, 2.05) is 56.3 Å². The third kappa shape index (κ3) is 2.28. The third-order valence-electron chi connectivity index (χ3n) is 3.31.